The molecule has 2 bridgehead atoms. The van der Waals surface area contributed by atoms with E-state index in [1.807, 2.05) is 13.8 Å². The molecule has 0 aromatic rings. The summed E-state index contributed by atoms with van der Waals surface area (Å²) in [5.74, 6) is -2.53. The number of halogens is 1. The van der Waals surface area contributed by atoms with Crippen LogP contribution in [0.3, 0.4) is 0 Å². The third kappa shape index (κ3) is 4.44. The van der Waals surface area contributed by atoms with E-state index >= 15 is 0 Å². The highest BCUT2D eigenvalue weighted by Crippen LogP contribution is 2.60. The van der Waals surface area contributed by atoms with Crippen LogP contribution in [0.4, 0.5) is 0 Å². The van der Waals surface area contributed by atoms with Crippen LogP contribution in [-0.4, -0.2) is 75.7 Å². The summed E-state index contributed by atoms with van der Waals surface area (Å²) in [4.78, 5) is 41.5. The van der Waals surface area contributed by atoms with Crippen LogP contribution in [0.1, 0.15) is 60.8 Å². The number of ether oxygens (including phenoxy) is 2. The highest BCUT2D eigenvalue weighted by atomic mass is 79.9. The number of aliphatic hydroxyl groups excluding tert-OH is 1. The average molecular weight is 517 g/mol. The van der Waals surface area contributed by atoms with Gasteiger partial charge in [0.1, 0.15) is 11.6 Å². The summed E-state index contributed by atoms with van der Waals surface area (Å²) in [6.07, 6.45) is 1.03. The van der Waals surface area contributed by atoms with Gasteiger partial charge in [0.05, 0.1) is 24.5 Å². The van der Waals surface area contributed by atoms with Crippen LogP contribution in [-0.2, 0) is 23.9 Å². The molecule has 8 nitrogen and oxygen atoms in total. The Morgan fingerprint density at radius 2 is 1.97 bits per heavy atom. The first-order chi connectivity index (χ1) is 14.8. The standard InChI is InChI=1S/C23H37BrN2O6/c1-7-31-20(30)14-15-19(29)26(9-8-10-27)17(23(15)11-13(24)16(14)32-23)18(28)25-22(5,6)12-21(2,3)4/h13-17,27H,7-12H2,1-6H3,(H,25,28)/t13?,14-,15+,16-,17?,23?/m1/s1. The second-order valence-corrected chi connectivity index (χ2v) is 12.3. The maximum atomic E-state index is 13.7. The molecule has 3 aliphatic heterocycles. The molecule has 32 heavy (non-hydrogen) atoms. The number of carbonyl (C=O) groups excluding carboxylic acids is 3. The third-order valence-electron chi connectivity index (χ3n) is 6.59. The van der Waals surface area contributed by atoms with Crippen molar-refractivity contribution in [2.24, 2.45) is 17.3 Å². The smallest absolute Gasteiger partial charge is 0.312 e. The van der Waals surface area contributed by atoms with E-state index in [9.17, 15) is 19.5 Å². The van der Waals surface area contributed by atoms with Crippen molar-refractivity contribution in [1.29, 1.82) is 0 Å². The molecule has 3 saturated heterocycles. The number of esters is 1. The fraction of sp³-hybridized carbons (Fsp3) is 0.870. The molecule has 0 aromatic heterocycles. The maximum Gasteiger partial charge on any atom is 0.312 e. The van der Waals surface area contributed by atoms with E-state index < -0.39 is 41.1 Å². The molecule has 6 atom stereocenters. The Kier molecular flexibility index (Phi) is 7.05. The molecule has 3 heterocycles. The van der Waals surface area contributed by atoms with Crippen molar-refractivity contribution in [2.75, 3.05) is 19.8 Å². The molecule has 2 N–H and O–H groups in total. The van der Waals surface area contributed by atoms with Gasteiger partial charge in [0, 0.05) is 23.5 Å². The molecule has 9 heteroatoms. The third-order valence-corrected chi connectivity index (χ3v) is 7.43. The first-order valence-electron chi connectivity index (χ1n) is 11.5. The maximum absolute atomic E-state index is 13.7. The molecular formula is C23H37BrN2O6. The van der Waals surface area contributed by atoms with Crippen molar-refractivity contribution < 1.29 is 29.0 Å². The van der Waals surface area contributed by atoms with Gasteiger partial charge in [0.25, 0.3) is 0 Å². The number of amides is 2. The van der Waals surface area contributed by atoms with Gasteiger partial charge >= 0.3 is 5.97 Å². The van der Waals surface area contributed by atoms with Gasteiger partial charge in [-0.3, -0.25) is 14.4 Å². The van der Waals surface area contributed by atoms with Gasteiger partial charge in [-0.25, -0.2) is 0 Å². The molecule has 2 amide bonds. The number of hydrogen-bond acceptors (Lipinski definition) is 6. The molecule has 1 spiro atoms. The number of alkyl halides is 1. The van der Waals surface area contributed by atoms with Crippen molar-refractivity contribution >= 4 is 33.7 Å². The van der Waals surface area contributed by atoms with Crippen LogP contribution in [0, 0.1) is 17.3 Å². The van der Waals surface area contributed by atoms with E-state index in [2.05, 4.69) is 42.0 Å². The summed E-state index contributed by atoms with van der Waals surface area (Å²) >= 11 is 3.62. The number of rotatable bonds is 8. The molecule has 0 saturated carbocycles. The van der Waals surface area contributed by atoms with Gasteiger partial charge in [0.2, 0.25) is 11.8 Å². The lowest BCUT2D eigenvalue weighted by Gasteiger charge is -2.38. The molecule has 0 radical (unpaired) electrons. The Balaban J connectivity index is 1.97. The Labute approximate surface area is 198 Å². The van der Waals surface area contributed by atoms with Gasteiger partial charge in [-0.15, -0.1) is 0 Å². The van der Waals surface area contributed by atoms with Crippen LogP contribution >= 0.6 is 15.9 Å². The lowest BCUT2D eigenvalue weighted by Crippen LogP contribution is -2.59. The van der Waals surface area contributed by atoms with Crippen LogP contribution < -0.4 is 5.32 Å². The van der Waals surface area contributed by atoms with Crippen LogP contribution in [0.2, 0.25) is 0 Å². The van der Waals surface area contributed by atoms with Crippen LogP contribution in [0.15, 0.2) is 0 Å². The molecular weight excluding hydrogens is 480 g/mol. The van der Waals surface area contributed by atoms with Crippen molar-refractivity contribution in [3.05, 3.63) is 0 Å². The van der Waals surface area contributed by atoms with Gasteiger partial charge in [-0.1, -0.05) is 36.7 Å². The Morgan fingerprint density at radius 1 is 1.31 bits per heavy atom. The first-order valence-corrected chi connectivity index (χ1v) is 12.4. The van der Waals surface area contributed by atoms with Crippen LogP contribution in [0.25, 0.3) is 0 Å². The highest BCUT2D eigenvalue weighted by Gasteiger charge is 2.76. The minimum absolute atomic E-state index is 0.00204. The van der Waals surface area contributed by atoms with Gasteiger partial charge < -0.3 is 24.8 Å². The molecule has 0 aliphatic carbocycles. The summed E-state index contributed by atoms with van der Waals surface area (Å²) in [5, 5.41) is 12.5. The number of hydrogen-bond donors (Lipinski definition) is 2. The predicted molar refractivity (Wildman–Crippen MR) is 122 cm³/mol. The molecule has 3 rings (SSSR count). The number of carbonyl (C=O) groups is 3. The minimum atomic E-state index is -1.09. The fourth-order valence-electron chi connectivity index (χ4n) is 6.19. The zero-order valence-electron chi connectivity index (χ0n) is 19.9. The highest BCUT2D eigenvalue weighted by molar-refractivity contribution is 9.09. The Morgan fingerprint density at radius 3 is 2.53 bits per heavy atom. The van der Waals surface area contributed by atoms with E-state index in [1.165, 1.54) is 4.90 Å². The number of fused-ring (bicyclic) bond motifs is 1. The van der Waals surface area contributed by atoms with Crippen molar-refractivity contribution in [1.82, 2.24) is 10.2 Å². The van der Waals surface area contributed by atoms with Crippen molar-refractivity contribution in [3.63, 3.8) is 0 Å². The first kappa shape index (κ1) is 25.4. The molecule has 0 aromatic carbocycles. The minimum Gasteiger partial charge on any atom is -0.466 e. The van der Waals surface area contributed by atoms with E-state index in [4.69, 9.17) is 9.47 Å². The molecule has 3 fully saturated rings. The monoisotopic (exact) mass is 516 g/mol. The number of likely N-dealkylation sites (tertiary alicyclic amines) is 1. The fourth-order valence-corrected chi connectivity index (χ4v) is 7.13. The Hall–Kier alpha value is -1.19. The van der Waals surface area contributed by atoms with Crippen LogP contribution in [0.5, 0.6) is 0 Å². The van der Waals surface area contributed by atoms with Gasteiger partial charge in [0.15, 0.2) is 0 Å². The van der Waals surface area contributed by atoms with E-state index in [0.717, 1.165) is 6.42 Å². The average Bonchev–Trinajstić information content (AvgIpc) is 3.21. The van der Waals surface area contributed by atoms with Gasteiger partial charge in [-0.05, 0) is 45.4 Å². The Bertz CT molecular complexity index is 766. The summed E-state index contributed by atoms with van der Waals surface area (Å²) in [7, 11) is 0. The molecule has 3 unspecified atom stereocenters. The predicted octanol–water partition coefficient (Wildman–Crippen LogP) is 2.01. The number of nitrogens with one attached hydrogen (secondary N) is 1. The van der Waals surface area contributed by atoms with E-state index in [-0.39, 0.29) is 41.8 Å². The zero-order valence-corrected chi connectivity index (χ0v) is 21.5. The normalized spacial score (nSPS) is 34.1. The second kappa shape index (κ2) is 8.87. The number of aliphatic hydroxyl groups is 1. The van der Waals surface area contributed by atoms with Crippen molar-refractivity contribution in [2.45, 2.75) is 88.9 Å². The SMILES string of the molecule is CCOC(=O)[C@H]1[C@@H]2OC3(CC2Br)C(C(=O)NC(C)(C)CC(C)(C)C)N(CCCO)C(=O)[C@H]13. The van der Waals surface area contributed by atoms with Crippen molar-refractivity contribution in [3.8, 4) is 0 Å². The lowest BCUT2D eigenvalue weighted by atomic mass is 9.70. The number of nitrogens with zero attached hydrogens (tertiary/aromatic N) is 1. The molecule has 3 aliphatic rings. The summed E-state index contributed by atoms with van der Waals surface area (Å²) in [5.41, 5.74) is -1.59. The summed E-state index contributed by atoms with van der Waals surface area (Å²) in [6.45, 7) is 12.4. The largest absolute Gasteiger partial charge is 0.466 e. The summed E-state index contributed by atoms with van der Waals surface area (Å²) < 4.78 is 11.6. The van der Waals surface area contributed by atoms with Gasteiger partial charge in [-0.2, -0.15) is 0 Å². The topological polar surface area (TPSA) is 105 Å². The zero-order chi connectivity index (χ0) is 24.1. The molecule has 182 valence electrons. The van der Waals surface area contributed by atoms with E-state index in [1.54, 1.807) is 6.92 Å². The lowest BCUT2D eigenvalue weighted by molar-refractivity contribution is -0.154. The quantitative estimate of drug-likeness (QED) is 0.377. The summed E-state index contributed by atoms with van der Waals surface area (Å²) in [6, 6.07) is -0.865. The van der Waals surface area contributed by atoms with E-state index in [0.29, 0.717) is 12.8 Å². The second-order valence-electron chi connectivity index (χ2n) is 11.1.